The Kier molecular flexibility index (Phi) is 5.18. The van der Waals surface area contributed by atoms with Gasteiger partial charge >= 0.3 is 0 Å². The SMILES string of the molecule is Cc1cc(NC(C)c2cc(F)ccc2N2CCC(O)CC2)nc(C)n1. The fourth-order valence-electron chi connectivity index (χ4n) is 3.36. The molecule has 2 N–H and O–H groups in total. The summed E-state index contributed by atoms with van der Waals surface area (Å²) < 4.78 is 13.9. The van der Waals surface area contributed by atoms with E-state index in [2.05, 4.69) is 20.2 Å². The summed E-state index contributed by atoms with van der Waals surface area (Å²) in [5, 5.41) is 13.1. The van der Waals surface area contributed by atoms with Crippen molar-refractivity contribution in [2.45, 2.75) is 45.8 Å². The van der Waals surface area contributed by atoms with Gasteiger partial charge in [-0.05, 0) is 51.8 Å². The molecule has 1 unspecified atom stereocenters. The van der Waals surface area contributed by atoms with Crippen LogP contribution in [0, 0.1) is 19.7 Å². The maximum atomic E-state index is 13.9. The standard InChI is InChI=1S/C19H25FN4O/c1-12-10-19(23-14(3)21-12)22-13(2)17-11-15(20)4-5-18(17)24-8-6-16(25)7-9-24/h4-5,10-11,13,16,25H,6-9H2,1-3H3,(H,21,22,23). The smallest absolute Gasteiger partial charge is 0.130 e. The fraction of sp³-hybridized carbons (Fsp3) is 0.474. The number of benzene rings is 1. The summed E-state index contributed by atoms with van der Waals surface area (Å²) in [6, 6.07) is 6.69. The van der Waals surface area contributed by atoms with Crippen molar-refractivity contribution in [3.05, 3.63) is 47.2 Å². The van der Waals surface area contributed by atoms with Crippen LogP contribution in [0.5, 0.6) is 0 Å². The average Bonchev–Trinajstić information content (AvgIpc) is 2.54. The molecule has 0 aliphatic carbocycles. The van der Waals surface area contributed by atoms with Crippen LogP contribution in [0.25, 0.3) is 0 Å². The lowest BCUT2D eigenvalue weighted by Gasteiger charge is -2.34. The summed E-state index contributed by atoms with van der Waals surface area (Å²) in [7, 11) is 0. The molecule has 2 heterocycles. The van der Waals surface area contributed by atoms with Crippen molar-refractivity contribution in [1.82, 2.24) is 9.97 Å². The molecule has 1 atom stereocenters. The van der Waals surface area contributed by atoms with E-state index in [-0.39, 0.29) is 18.0 Å². The number of nitrogens with one attached hydrogen (secondary N) is 1. The minimum atomic E-state index is -0.250. The van der Waals surface area contributed by atoms with E-state index in [9.17, 15) is 9.50 Å². The maximum Gasteiger partial charge on any atom is 0.130 e. The second-order valence-corrected chi connectivity index (χ2v) is 6.73. The minimum Gasteiger partial charge on any atom is -0.393 e. The van der Waals surface area contributed by atoms with Gasteiger partial charge in [0.25, 0.3) is 0 Å². The number of aryl methyl sites for hydroxylation is 2. The third-order valence-electron chi connectivity index (χ3n) is 4.59. The lowest BCUT2D eigenvalue weighted by Crippen LogP contribution is -2.36. The van der Waals surface area contributed by atoms with Gasteiger partial charge in [-0.15, -0.1) is 0 Å². The van der Waals surface area contributed by atoms with Crippen molar-refractivity contribution in [3.63, 3.8) is 0 Å². The van der Waals surface area contributed by atoms with Crippen molar-refractivity contribution < 1.29 is 9.50 Å². The van der Waals surface area contributed by atoms with Gasteiger partial charge in [-0.3, -0.25) is 0 Å². The highest BCUT2D eigenvalue weighted by Gasteiger charge is 2.22. The van der Waals surface area contributed by atoms with Crippen LogP contribution in [0.2, 0.25) is 0 Å². The highest BCUT2D eigenvalue weighted by molar-refractivity contribution is 5.57. The van der Waals surface area contributed by atoms with E-state index in [0.717, 1.165) is 48.7 Å². The van der Waals surface area contributed by atoms with Gasteiger partial charge in [0.1, 0.15) is 17.5 Å². The highest BCUT2D eigenvalue weighted by Crippen LogP contribution is 2.31. The first-order valence-corrected chi connectivity index (χ1v) is 8.73. The number of halogens is 1. The number of aliphatic hydroxyl groups excluding tert-OH is 1. The molecular weight excluding hydrogens is 319 g/mol. The van der Waals surface area contributed by atoms with Crippen molar-refractivity contribution in [3.8, 4) is 0 Å². The Morgan fingerprint density at radius 1 is 1.20 bits per heavy atom. The van der Waals surface area contributed by atoms with Gasteiger partial charge in [0, 0.05) is 36.1 Å². The third-order valence-corrected chi connectivity index (χ3v) is 4.59. The van der Waals surface area contributed by atoms with Crippen molar-refractivity contribution in [1.29, 1.82) is 0 Å². The maximum absolute atomic E-state index is 13.9. The quantitative estimate of drug-likeness (QED) is 0.890. The van der Waals surface area contributed by atoms with E-state index < -0.39 is 0 Å². The molecule has 1 aromatic heterocycles. The average molecular weight is 344 g/mol. The summed E-state index contributed by atoms with van der Waals surface area (Å²) in [5.41, 5.74) is 2.80. The summed E-state index contributed by atoms with van der Waals surface area (Å²) in [5.74, 6) is 1.19. The molecule has 2 aromatic rings. The van der Waals surface area contributed by atoms with E-state index in [0.29, 0.717) is 5.82 Å². The molecule has 134 valence electrons. The molecule has 1 aliphatic heterocycles. The first-order valence-electron chi connectivity index (χ1n) is 8.73. The van der Waals surface area contributed by atoms with Gasteiger partial charge < -0.3 is 15.3 Å². The predicted molar refractivity (Wildman–Crippen MR) is 97.4 cm³/mol. The zero-order valence-corrected chi connectivity index (χ0v) is 15.0. The lowest BCUT2D eigenvalue weighted by atomic mass is 10.0. The molecule has 1 saturated heterocycles. The van der Waals surface area contributed by atoms with E-state index in [4.69, 9.17) is 0 Å². The number of hydrogen-bond acceptors (Lipinski definition) is 5. The van der Waals surface area contributed by atoms with E-state index in [1.54, 1.807) is 6.07 Å². The van der Waals surface area contributed by atoms with Gasteiger partial charge in [-0.2, -0.15) is 0 Å². The first kappa shape index (κ1) is 17.6. The summed E-state index contributed by atoms with van der Waals surface area (Å²) in [4.78, 5) is 10.9. The number of piperidine rings is 1. The number of hydrogen-bond donors (Lipinski definition) is 2. The topological polar surface area (TPSA) is 61.3 Å². The molecule has 0 radical (unpaired) electrons. The zero-order valence-electron chi connectivity index (χ0n) is 15.0. The summed E-state index contributed by atoms with van der Waals surface area (Å²) in [6.07, 6.45) is 1.24. The molecule has 1 aromatic carbocycles. The zero-order chi connectivity index (χ0) is 18.0. The Morgan fingerprint density at radius 3 is 2.60 bits per heavy atom. The molecule has 0 amide bonds. The molecule has 0 saturated carbocycles. The molecule has 0 bridgehead atoms. The van der Waals surface area contributed by atoms with Crippen molar-refractivity contribution in [2.24, 2.45) is 0 Å². The molecule has 1 fully saturated rings. The lowest BCUT2D eigenvalue weighted by molar-refractivity contribution is 0.145. The molecular formula is C19H25FN4O. The van der Waals surface area contributed by atoms with Crippen LogP contribution in [0.4, 0.5) is 15.9 Å². The molecule has 5 nitrogen and oxygen atoms in total. The first-order chi connectivity index (χ1) is 11.9. The molecule has 6 heteroatoms. The Bertz CT molecular complexity index is 724. The van der Waals surface area contributed by atoms with Gasteiger partial charge in [0.2, 0.25) is 0 Å². The number of aliphatic hydroxyl groups is 1. The second-order valence-electron chi connectivity index (χ2n) is 6.73. The predicted octanol–water partition coefficient (Wildman–Crippen LogP) is 3.37. The van der Waals surface area contributed by atoms with Crippen molar-refractivity contribution in [2.75, 3.05) is 23.3 Å². The molecule has 0 spiro atoms. The monoisotopic (exact) mass is 344 g/mol. The van der Waals surface area contributed by atoms with Crippen LogP contribution in [-0.4, -0.2) is 34.3 Å². The summed E-state index contributed by atoms with van der Waals surface area (Å²) >= 11 is 0. The minimum absolute atomic E-state index is 0.105. The van der Waals surface area contributed by atoms with Gasteiger partial charge in [-0.25, -0.2) is 14.4 Å². The van der Waals surface area contributed by atoms with Crippen LogP contribution >= 0.6 is 0 Å². The third kappa shape index (κ3) is 4.25. The molecule has 25 heavy (non-hydrogen) atoms. The van der Waals surface area contributed by atoms with E-state index >= 15 is 0 Å². The summed E-state index contributed by atoms with van der Waals surface area (Å²) in [6.45, 7) is 7.34. The number of rotatable bonds is 4. The van der Waals surface area contributed by atoms with E-state index in [1.807, 2.05) is 32.9 Å². The fourth-order valence-corrected chi connectivity index (χ4v) is 3.36. The number of nitrogens with zero attached hydrogens (tertiary/aromatic N) is 3. The largest absolute Gasteiger partial charge is 0.393 e. The van der Waals surface area contributed by atoms with Gasteiger partial charge in [0.05, 0.1) is 12.1 Å². The number of aromatic nitrogens is 2. The Morgan fingerprint density at radius 2 is 1.92 bits per heavy atom. The highest BCUT2D eigenvalue weighted by atomic mass is 19.1. The van der Waals surface area contributed by atoms with Crippen LogP contribution in [-0.2, 0) is 0 Å². The Hall–Kier alpha value is -2.21. The van der Waals surface area contributed by atoms with Crippen LogP contribution in [0.1, 0.15) is 42.9 Å². The second kappa shape index (κ2) is 7.35. The van der Waals surface area contributed by atoms with Crippen LogP contribution < -0.4 is 10.2 Å². The Balaban J connectivity index is 1.86. The van der Waals surface area contributed by atoms with Crippen molar-refractivity contribution >= 4 is 11.5 Å². The van der Waals surface area contributed by atoms with E-state index in [1.165, 1.54) is 6.07 Å². The Labute approximate surface area is 147 Å². The molecule has 1 aliphatic rings. The number of anilines is 2. The normalized spacial score (nSPS) is 16.8. The van der Waals surface area contributed by atoms with Gasteiger partial charge in [0.15, 0.2) is 0 Å². The van der Waals surface area contributed by atoms with Crippen LogP contribution in [0.15, 0.2) is 24.3 Å². The molecule has 3 rings (SSSR count). The van der Waals surface area contributed by atoms with Crippen LogP contribution in [0.3, 0.4) is 0 Å². The van der Waals surface area contributed by atoms with Gasteiger partial charge in [-0.1, -0.05) is 0 Å².